The van der Waals surface area contributed by atoms with Gasteiger partial charge in [-0.2, -0.15) is 0 Å². The van der Waals surface area contributed by atoms with Crippen molar-refractivity contribution in [3.05, 3.63) is 0 Å². The van der Waals surface area contributed by atoms with Crippen LogP contribution < -0.4 is 16.8 Å². The van der Waals surface area contributed by atoms with Crippen molar-refractivity contribution in [2.24, 2.45) is 17.4 Å². The fraction of sp³-hybridized carbons (Fsp3) is 0.800. The molecule has 1 aliphatic rings. The molecule has 1 saturated carbocycles. The molecular weight excluding hydrogens is 194 g/mol. The molecule has 1 aliphatic carbocycles. The average Bonchev–Trinajstić information content (AvgIpc) is 2.65. The minimum Gasteiger partial charge on any atom is -0.370 e. The molecule has 0 radical (unpaired) electrons. The molecule has 0 spiro atoms. The molecule has 5 nitrogen and oxygen atoms in total. The van der Waals surface area contributed by atoms with E-state index in [4.69, 9.17) is 11.5 Å². The van der Waals surface area contributed by atoms with E-state index in [-0.39, 0.29) is 12.3 Å². The van der Waals surface area contributed by atoms with Crippen molar-refractivity contribution in [2.45, 2.75) is 38.1 Å². The number of carbonyl (C=O) groups excluding carboxylic acids is 2. The fourth-order valence-electron chi connectivity index (χ4n) is 1.90. The molecule has 0 aromatic heterocycles. The monoisotopic (exact) mass is 213 g/mol. The number of hydrogen-bond donors (Lipinski definition) is 3. The van der Waals surface area contributed by atoms with Crippen molar-refractivity contribution >= 4 is 11.8 Å². The summed E-state index contributed by atoms with van der Waals surface area (Å²) in [5.74, 6) is -0.242. The summed E-state index contributed by atoms with van der Waals surface area (Å²) in [5.41, 5.74) is 10.4. The Morgan fingerprint density at radius 2 is 1.93 bits per heavy atom. The standard InChI is InChI=1S/C10H19N3O2/c11-8(5-9(12)14)10(15)13-6-7-3-1-2-4-7/h7-8H,1-6,11H2,(H2,12,14)(H,13,15). The lowest BCUT2D eigenvalue weighted by Gasteiger charge is -2.13. The first-order chi connectivity index (χ1) is 7.09. The van der Waals surface area contributed by atoms with Gasteiger partial charge in [-0.25, -0.2) is 0 Å². The Kier molecular flexibility index (Phi) is 4.55. The summed E-state index contributed by atoms with van der Waals surface area (Å²) in [4.78, 5) is 21.9. The second-order valence-electron chi connectivity index (χ2n) is 4.17. The lowest BCUT2D eigenvalue weighted by atomic mass is 10.1. The van der Waals surface area contributed by atoms with Gasteiger partial charge in [0, 0.05) is 6.54 Å². The summed E-state index contributed by atoms with van der Waals surface area (Å²) >= 11 is 0. The van der Waals surface area contributed by atoms with Crippen molar-refractivity contribution < 1.29 is 9.59 Å². The summed E-state index contributed by atoms with van der Waals surface area (Å²) < 4.78 is 0. The van der Waals surface area contributed by atoms with Crippen molar-refractivity contribution in [2.75, 3.05) is 6.54 Å². The van der Waals surface area contributed by atoms with Crippen LogP contribution >= 0.6 is 0 Å². The van der Waals surface area contributed by atoms with Gasteiger partial charge in [0.15, 0.2) is 0 Å². The van der Waals surface area contributed by atoms with Crippen LogP contribution in [0.15, 0.2) is 0 Å². The SMILES string of the molecule is NC(=O)CC(N)C(=O)NCC1CCCC1. The zero-order chi connectivity index (χ0) is 11.3. The van der Waals surface area contributed by atoms with Crippen LogP contribution in [0.2, 0.25) is 0 Å². The molecule has 1 fully saturated rings. The number of nitrogens with two attached hydrogens (primary N) is 2. The molecule has 0 saturated heterocycles. The van der Waals surface area contributed by atoms with Gasteiger partial charge in [0.1, 0.15) is 0 Å². The van der Waals surface area contributed by atoms with E-state index in [2.05, 4.69) is 5.32 Å². The highest BCUT2D eigenvalue weighted by atomic mass is 16.2. The number of primary amides is 1. The van der Waals surface area contributed by atoms with Crippen molar-refractivity contribution in [1.82, 2.24) is 5.32 Å². The van der Waals surface area contributed by atoms with Crippen LogP contribution in [0.25, 0.3) is 0 Å². The predicted octanol–water partition coefficient (Wildman–Crippen LogP) is -0.505. The molecule has 5 N–H and O–H groups in total. The van der Waals surface area contributed by atoms with E-state index in [1.165, 1.54) is 25.7 Å². The second kappa shape index (κ2) is 5.70. The van der Waals surface area contributed by atoms with Crippen LogP contribution in [-0.2, 0) is 9.59 Å². The Morgan fingerprint density at radius 3 is 2.47 bits per heavy atom. The Labute approximate surface area is 89.6 Å². The first kappa shape index (κ1) is 12.0. The molecule has 0 aromatic carbocycles. The normalized spacial score (nSPS) is 18.7. The fourth-order valence-corrected chi connectivity index (χ4v) is 1.90. The Bertz CT molecular complexity index is 237. The van der Waals surface area contributed by atoms with E-state index < -0.39 is 11.9 Å². The highest BCUT2D eigenvalue weighted by molar-refractivity contribution is 5.87. The van der Waals surface area contributed by atoms with Crippen molar-refractivity contribution in [3.8, 4) is 0 Å². The molecule has 5 heteroatoms. The third-order valence-corrected chi connectivity index (χ3v) is 2.80. The Morgan fingerprint density at radius 1 is 1.33 bits per heavy atom. The smallest absolute Gasteiger partial charge is 0.237 e. The molecule has 15 heavy (non-hydrogen) atoms. The summed E-state index contributed by atoms with van der Waals surface area (Å²) in [6.07, 6.45) is 4.74. The molecule has 0 heterocycles. The topological polar surface area (TPSA) is 98.2 Å². The minimum atomic E-state index is -0.802. The highest BCUT2D eigenvalue weighted by Crippen LogP contribution is 2.23. The van der Waals surface area contributed by atoms with Crippen molar-refractivity contribution in [1.29, 1.82) is 0 Å². The van der Waals surface area contributed by atoms with E-state index >= 15 is 0 Å². The van der Waals surface area contributed by atoms with Crippen LogP contribution in [0.3, 0.4) is 0 Å². The maximum Gasteiger partial charge on any atom is 0.237 e. The van der Waals surface area contributed by atoms with Crippen molar-refractivity contribution in [3.63, 3.8) is 0 Å². The van der Waals surface area contributed by atoms with Gasteiger partial charge in [-0.15, -0.1) is 0 Å². The molecule has 1 rings (SSSR count). The third-order valence-electron chi connectivity index (χ3n) is 2.80. The lowest BCUT2D eigenvalue weighted by molar-refractivity contribution is -0.126. The van der Waals surface area contributed by atoms with Gasteiger partial charge >= 0.3 is 0 Å². The van der Waals surface area contributed by atoms with E-state index in [1.807, 2.05) is 0 Å². The van der Waals surface area contributed by atoms with Gasteiger partial charge in [-0.3, -0.25) is 9.59 Å². The number of amides is 2. The Hall–Kier alpha value is -1.10. The lowest BCUT2D eigenvalue weighted by Crippen LogP contribution is -2.44. The zero-order valence-electron chi connectivity index (χ0n) is 8.87. The summed E-state index contributed by atoms with van der Waals surface area (Å²) in [6.45, 7) is 0.672. The van der Waals surface area contributed by atoms with Crippen LogP contribution in [-0.4, -0.2) is 24.4 Å². The number of rotatable bonds is 5. The van der Waals surface area contributed by atoms with Gasteiger partial charge in [0.25, 0.3) is 0 Å². The first-order valence-electron chi connectivity index (χ1n) is 5.41. The Balaban J connectivity index is 2.19. The van der Waals surface area contributed by atoms with Crippen LogP contribution in [0.5, 0.6) is 0 Å². The third kappa shape index (κ3) is 4.29. The van der Waals surface area contributed by atoms with Crippen LogP contribution in [0.1, 0.15) is 32.1 Å². The van der Waals surface area contributed by atoms with Gasteiger partial charge in [-0.05, 0) is 18.8 Å². The van der Waals surface area contributed by atoms with E-state index in [9.17, 15) is 9.59 Å². The molecule has 0 aliphatic heterocycles. The summed E-state index contributed by atoms with van der Waals surface area (Å²) in [5, 5.41) is 2.76. The number of nitrogens with one attached hydrogen (secondary N) is 1. The van der Waals surface area contributed by atoms with Crippen LogP contribution in [0.4, 0.5) is 0 Å². The number of carbonyl (C=O) groups is 2. The van der Waals surface area contributed by atoms with E-state index in [1.54, 1.807) is 0 Å². The average molecular weight is 213 g/mol. The molecular formula is C10H19N3O2. The van der Waals surface area contributed by atoms with Gasteiger partial charge in [0.2, 0.25) is 11.8 Å². The summed E-state index contributed by atoms with van der Waals surface area (Å²) in [7, 11) is 0. The second-order valence-corrected chi connectivity index (χ2v) is 4.17. The molecule has 2 amide bonds. The maximum atomic E-state index is 11.4. The number of hydrogen-bond acceptors (Lipinski definition) is 3. The summed E-state index contributed by atoms with van der Waals surface area (Å²) in [6, 6.07) is -0.802. The predicted molar refractivity (Wildman–Crippen MR) is 56.8 cm³/mol. The molecule has 0 bridgehead atoms. The van der Waals surface area contributed by atoms with E-state index in [0.717, 1.165) is 0 Å². The zero-order valence-corrected chi connectivity index (χ0v) is 8.87. The molecule has 86 valence electrons. The van der Waals surface area contributed by atoms with Crippen LogP contribution in [0, 0.1) is 5.92 Å². The quantitative estimate of drug-likeness (QED) is 0.574. The first-order valence-corrected chi connectivity index (χ1v) is 5.41. The molecule has 0 aromatic rings. The van der Waals surface area contributed by atoms with Gasteiger partial charge in [-0.1, -0.05) is 12.8 Å². The molecule has 1 unspecified atom stereocenters. The van der Waals surface area contributed by atoms with E-state index in [0.29, 0.717) is 12.5 Å². The molecule has 1 atom stereocenters. The van der Waals surface area contributed by atoms with Gasteiger partial charge in [0.05, 0.1) is 12.5 Å². The minimum absolute atomic E-state index is 0.0868. The van der Waals surface area contributed by atoms with Gasteiger partial charge < -0.3 is 16.8 Å². The highest BCUT2D eigenvalue weighted by Gasteiger charge is 2.19. The largest absolute Gasteiger partial charge is 0.370 e. The maximum absolute atomic E-state index is 11.4.